The fourth-order valence-corrected chi connectivity index (χ4v) is 4.14. The summed E-state index contributed by atoms with van der Waals surface area (Å²) in [4.78, 5) is 16.2. The van der Waals surface area contributed by atoms with Gasteiger partial charge in [-0.1, -0.05) is 12.1 Å². The molecule has 0 spiro atoms. The minimum Gasteiger partial charge on any atom is -0.444 e. The number of ether oxygens (including phenoxy) is 1. The number of hydrogen-bond donors (Lipinski definition) is 2. The zero-order valence-corrected chi connectivity index (χ0v) is 20.3. The van der Waals surface area contributed by atoms with E-state index in [1.165, 1.54) is 36.5 Å². The average molecular weight is 468 g/mol. The molecule has 1 aromatic heterocycles. The molecule has 1 aromatic carbocycles. The first-order valence-electron chi connectivity index (χ1n) is 10.2. The fraction of sp³-hybridized carbons (Fsp3) is 0.478. The summed E-state index contributed by atoms with van der Waals surface area (Å²) in [6, 6.07) is 7.49. The number of carbonyl (C=O) groups excluding carboxylic acids is 1. The van der Waals surface area contributed by atoms with Crippen LogP contribution in [0.1, 0.15) is 59.6 Å². The molecular formula is C23H31F2N3O3S. The lowest BCUT2D eigenvalue weighted by Gasteiger charge is -2.42. The van der Waals surface area contributed by atoms with Crippen molar-refractivity contribution < 1.29 is 22.5 Å². The molecule has 1 heterocycles. The molecular weight excluding hydrogens is 436 g/mol. The first kappa shape index (κ1) is 25.9. The van der Waals surface area contributed by atoms with E-state index in [0.717, 1.165) is 0 Å². The van der Waals surface area contributed by atoms with Gasteiger partial charge in [0.25, 0.3) is 0 Å². The molecule has 0 saturated carbocycles. The molecule has 0 saturated heterocycles. The maximum atomic E-state index is 14.2. The monoisotopic (exact) mass is 467 g/mol. The highest BCUT2D eigenvalue weighted by molar-refractivity contribution is 7.84. The Balaban J connectivity index is 2.71. The predicted octanol–water partition coefficient (Wildman–Crippen LogP) is 4.57. The van der Waals surface area contributed by atoms with Gasteiger partial charge in [0.05, 0.1) is 21.8 Å². The van der Waals surface area contributed by atoms with E-state index >= 15 is 0 Å². The molecule has 0 aliphatic carbocycles. The van der Waals surface area contributed by atoms with E-state index in [1.807, 2.05) is 0 Å². The van der Waals surface area contributed by atoms with E-state index in [2.05, 4.69) is 15.0 Å². The molecule has 0 fully saturated rings. The van der Waals surface area contributed by atoms with Crippen LogP contribution in [0.2, 0.25) is 0 Å². The van der Waals surface area contributed by atoms with E-state index < -0.39 is 50.8 Å². The Hall–Kier alpha value is -2.39. The summed E-state index contributed by atoms with van der Waals surface area (Å²) in [6.07, 6.45) is 0.583. The minimum atomic E-state index is -1.65. The van der Waals surface area contributed by atoms with Crippen molar-refractivity contribution in [3.63, 3.8) is 0 Å². The highest BCUT2D eigenvalue weighted by atomic mass is 32.2. The zero-order valence-electron chi connectivity index (χ0n) is 19.5. The van der Waals surface area contributed by atoms with Crippen LogP contribution in [0.5, 0.6) is 0 Å². The second kappa shape index (κ2) is 9.62. The molecule has 2 N–H and O–H groups in total. The van der Waals surface area contributed by atoms with Gasteiger partial charge in [-0.25, -0.2) is 23.1 Å². The van der Waals surface area contributed by atoms with Gasteiger partial charge in [0.1, 0.15) is 17.0 Å². The molecule has 2 rings (SSSR count). The second-order valence-corrected chi connectivity index (χ2v) is 11.5. The van der Waals surface area contributed by atoms with Gasteiger partial charge in [-0.2, -0.15) is 4.39 Å². The highest BCUT2D eigenvalue weighted by Gasteiger charge is 2.44. The molecule has 0 radical (unpaired) electrons. The third kappa shape index (κ3) is 6.32. The lowest BCUT2D eigenvalue weighted by Crippen LogP contribution is -2.60. The third-order valence-corrected chi connectivity index (χ3v) is 6.29. The van der Waals surface area contributed by atoms with Crippen molar-refractivity contribution in [1.29, 1.82) is 0 Å². The van der Waals surface area contributed by atoms with Gasteiger partial charge in [0.15, 0.2) is 0 Å². The normalized spacial score (nSPS) is 16.0. The van der Waals surface area contributed by atoms with Crippen LogP contribution in [0.15, 0.2) is 42.6 Å². The van der Waals surface area contributed by atoms with Gasteiger partial charge in [0, 0.05) is 6.20 Å². The molecule has 9 heteroatoms. The van der Waals surface area contributed by atoms with Gasteiger partial charge < -0.3 is 10.1 Å². The minimum absolute atomic E-state index is 0.359. The van der Waals surface area contributed by atoms with E-state index in [0.29, 0.717) is 11.1 Å². The number of alkyl carbamates (subject to hydrolysis) is 1. The van der Waals surface area contributed by atoms with Gasteiger partial charge in [-0.05, 0) is 83.9 Å². The number of rotatable bonds is 6. The van der Waals surface area contributed by atoms with E-state index in [1.54, 1.807) is 54.5 Å². The fourth-order valence-electron chi connectivity index (χ4n) is 3.13. The summed E-state index contributed by atoms with van der Waals surface area (Å²) < 4.78 is 49.0. The summed E-state index contributed by atoms with van der Waals surface area (Å²) >= 11 is 0. The summed E-state index contributed by atoms with van der Waals surface area (Å²) in [5.74, 6) is -1.21. The van der Waals surface area contributed by atoms with Crippen molar-refractivity contribution in [3.8, 4) is 0 Å². The first-order valence-corrected chi connectivity index (χ1v) is 11.4. The number of carbonyl (C=O) groups is 1. The number of halogens is 2. The summed E-state index contributed by atoms with van der Waals surface area (Å²) in [5, 5.41) is 2.77. The Morgan fingerprint density at radius 2 is 1.62 bits per heavy atom. The molecule has 1 unspecified atom stereocenters. The molecule has 6 nitrogen and oxygen atoms in total. The Morgan fingerprint density at radius 3 is 2.12 bits per heavy atom. The number of nitrogens with zero attached hydrogens (tertiary/aromatic N) is 1. The van der Waals surface area contributed by atoms with Crippen molar-refractivity contribution in [2.24, 2.45) is 0 Å². The van der Waals surface area contributed by atoms with Crippen molar-refractivity contribution in [3.05, 3.63) is 65.5 Å². The van der Waals surface area contributed by atoms with Crippen LogP contribution in [0.25, 0.3) is 0 Å². The van der Waals surface area contributed by atoms with Crippen LogP contribution < -0.4 is 10.0 Å². The second-order valence-electron chi connectivity index (χ2n) is 9.53. The smallest absolute Gasteiger partial charge is 0.407 e. The number of pyridine rings is 1. The van der Waals surface area contributed by atoms with Gasteiger partial charge >= 0.3 is 6.09 Å². The topological polar surface area (TPSA) is 80.3 Å². The SMILES string of the molecule is C[C@H](NC(=O)OC(C)(C)C)C(N[S@](=O)C(C)(C)C)(c1ccc(F)cc1)c1ccnc(F)c1. The van der Waals surface area contributed by atoms with Crippen LogP contribution in [-0.2, 0) is 21.3 Å². The van der Waals surface area contributed by atoms with Crippen LogP contribution in [0, 0.1) is 11.8 Å². The number of nitrogens with one attached hydrogen (secondary N) is 2. The third-order valence-electron chi connectivity index (χ3n) is 4.67. The predicted molar refractivity (Wildman–Crippen MR) is 121 cm³/mol. The van der Waals surface area contributed by atoms with Crippen molar-refractivity contribution in [2.45, 2.75) is 70.4 Å². The lowest BCUT2D eigenvalue weighted by atomic mass is 9.78. The van der Waals surface area contributed by atoms with Gasteiger partial charge in [0.2, 0.25) is 5.95 Å². The van der Waals surface area contributed by atoms with Crippen LogP contribution in [0.3, 0.4) is 0 Å². The van der Waals surface area contributed by atoms with Crippen molar-refractivity contribution in [1.82, 2.24) is 15.0 Å². The first-order chi connectivity index (χ1) is 14.6. The highest BCUT2D eigenvalue weighted by Crippen LogP contribution is 2.35. The summed E-state index contributed by atoms with van der Waals surface area (Å²) in [7, 11) is -1.65. The lowest BCUT2D eigenvalue weighted by molar-refractivity contribution is 0.0487. The standard InChI is InChI=1S/C23H31F2N3O3S/c1-15(27-20(29)31-21(2,3)4)23(28-32(30)22(5,6)7,16-8-10-18(24)11-9-16)17-12-13-26-19(25)14-17/h8-15,28H,1-7H3,(H,27,29)/t15-,23?,32+/m0/s1. The summed E-state index contributed by atoms with van der Waals surface area (Å²) in [6.45, 7) is 12.2. The van der Waals surface area contributed by atoms with E-state index in [9.17, 15) is 17.8 Å². The Morgan fingerprint density at radius 1 is 1.03 bits per heavy atom. The number of amides is 1. The van der Waals surface area contributed by atoms with Crippen LogP contribution >= 0.6 is 0 Å². The molecule has 0 bridgehead atoms. The van der Waals surface area contributed by atoms with Crippen molar-refractivity contribution in [2.75, 3.05) is 0 Å². The van der Waals surface area contributed by atoms with Gasteiger partial charge in [-0.15, -0.1) is 0 Å². The van der Waals surface area contributed by atoms with E-state index in [-0.39, 0.29) is 0 Å². The zero-order chi connectivity index (χ0) is 24.3. The maximum Gasteiger partial charge on any atom is 0.407 e. The Labute approximate surface area is 190 Å². The molecule has 1 amide bonds. The number of hydrogen-bond acceptors (Lipinski definition) is 4. The Bertz CT molecular complexity index is 972. The number of benzene rings is 1. The molecule has 32 heavy (non-hydrogen) atoms. The molecule has 3 atom stereocenters. The van der Waals surface area contributed by atoms with Crippen molar-refractivity contribution >= 4 is 17.1 Å². The maximum absolute atomic E-state index is 14.2. The molecule has 0 aliphatic rings. The average Bonchev–Trinajstić information content (AvgIpc) is 2.64. The Kier molecular flexibility index (Phi) is 7.78. The molecule has 2 aromatic rings. The van der Waals surface area contributed by atoms with Gasteiger partial charge in [-0.3, -0.25) is 0 Å². The quantitative estimate of drug-likeness (QED) is 0.610. The van der Waals surface area contributed by atoms with Crippen LogP contribution in [0.4, 0.5) is 13.6 Å². The van der Waals surface area contributed by atoms with Crippen LogP contribution in [-0.4, -0.2) is 31.7 Å². The van der Waals surface area contributed by atoms with E-state index in [4.69, 9.17) is 4.74 Å². The molecule has 0 aliphatic heterocycles. The number of aromatic nitrogens is 1. The molecule has 176 valence electrons. The summed E-state index contributed by atoms with van der Waals surface area (Å²) in [5.41, 5.74) is -1.30. The largest absolute Gasteiger partial charge is 0.444 e.